The normalized spacial score (nSPS) is 10.7. The summed E-state index contributed by atoms with van der Waals surface area (Å²) in [7, 11) is 0. The molecule has 21 heavy (non-hydrogen) atoms. The van der Waals surface area contributed by atoms with Gasteiger partial charge < -0.3 is 14.9 Å². The van der Waals surface area contributed by atoms with Crippen LogP contribution in [0.5, 0.6) is 5.75 Å². The van der Waals surface area contributed by atoms with E-state index in [1.54, 1.807) is 0 Å². The van der Waals surface area contributed by atoms with Crippen molar-refractivity contribution < 1.29 is 13.9 Å². The van der Waals surface area contributed by atoms with Crippen LogP contribution >= 0.6 is 12.2 Å². The van der Waals surface area contributed by atoms with Crippen molar-refractivity contribution in [3.05, 3.63) is 40.2 Å². The van der Waals surface area contributed by atoms with Gasteiger partial charge in [-0.3, -0.25) is 15.0 Å². The molecule has 0 aliphatic rings. The zero-order valence-corrected chi connectivity index (χ0v) is 11.8. The molecule has 7 nitrogen and oxygen atoms in total. The first-order chi connectivity index (χ1) is 9.97. The van der Waals surface area contributed by atoms with Crippen molar-refractivity contribution in [2.24, 2.45) is 10.8 Å². The summed E-state index contributed by atoms with van der Waals surface area (Å²) in [6.45, 7) is 1.29. The van der Waals surface area contributed by atoms with Crippen LogP contribution in [0.1, 0.15) is 12.5 Å². The molecule has 0 saturated carbocycles. The van der Waals surface area contributed by atoms with E-state index in [9.17, 15) is 9.59 Å². The smallest absolute Gasteiger partial charge is 0.308 e. The van der Waals surface area contributed by atoms with Crippen LogP contribution in [0, 0.1) is 0 Å². The van der Waals surface area contributed by atoms with Crippen LogP contribution in [-0.4, -0.2) is 17.3 Å². The average Bonchev–Trinajstić information content (AvgIpc) is 2.40. The lowest BCUT2D eigenvalue weighted by atomic mass is 10.2. The van der Waals surface area contributed by atoms with E-state index in [1.807, 2.05) is 0 Å². The highest BCUT2D eigenvalue weighted by Crippen LogP contribution is 2.19. The molecule has 3 N–H and O–H groups in total. The molecule has 0 spiro atoms. The van der Waals surface area contributed by atoms with Gasteiger partial charge in [-0.05, 0) is 24.4 Å². The van der Waals surface area contributed by atoms with E-state index in [2.05, 4.69) is 22.7 Å². The van der Waals surface area contributed by atoms with Gasteiger partial charge in [0, 0.05) is 13.0 Å². The molecule has 2 rings (SSSR count). The van der Waals surface area contributed by atoms with E-state index < -0.39 is 5.97 Å². The van der Waals surface area contributed by atoms with Gasteiger partial charge in [0.2, 0.25) is 5.43 Å². The fraction of sp³-hybridized carbons (Fsp3) is 0.0769. The Morgan fingerprint density at radius 2 is 2.29 bits per heavy atom. The third-order valence-electron chi connectivity index (χ3n) is 2.41. The fourth-order valence-corrected chi connectivity index (χ4v) is 1.66. The molecule has 108 valence electrons. The van der Waals surface area contributed by atoms with Crippen molar-refractivity contribution >= 4 is 40.5 Å². The molecule has 0 radical (unpaired) electrons. The topological polar surface area (TPSA) is 107 Å². The summed E-state index contributed by atoms with van der Waals surface area (Å²) in [6.07, 6.45) is 2.50. The van der Waals surface area contributed by atoms with Gasteiger partial charge in [-0.2, -0.15) is 5.10 Å². The van der Waals surface area contributed by atoms with E-state index in [4.69, 9.17) is 14.9 Å². The van der Waals surface area contributed by atoms with Crippen molar-refractivity contribution in [2.75, 3.05) is 0 Å². The second-order valence-electron chi connectivity index (χ2n) is 4.01. The Bertz CT molecular complexity index is 798. The molecule has 1 heterocycles. The Balaban J connectivity index is 2.39. The third-order valence-corrected chi connectivity index (χ3v) is 2.50. The number of rotatable bonds is 3. The summed E-state index contributed by atoms with van der Waals surface area (Å²) >= 11 is 4.58. The molecule has 1 aromatic heterocycles. The molecule has 0 aliphatic heterocycles. The van der Waals surface area contributed by atoms with Gasteiger partial charge >= 0.3 is 5.97 Å². The molecule has 0 saturated heterocycles. The van der Waals surface area contributed by atoms with Gasteiger partial charge in [-0.25, -0.2) is 0 Å². The fourth-order valence-electron chi connectivity index (χ4n) is 1.61. The third kappa shape index (κ3) is 3.63. The summed E-state index contributed by atoms with van der Waals surface area (Å²) in [6, 6.07) is 4.49. The first kappa shape index (κ1) is 14.7. The average molecular weight is 305 g/mol. The van der Waals surface area contributed by atoms with Gasteiger partial charge in [0.1, 0.15) is 17.6 Å². The number of hydrogen-bond acceptors (Lipinski definition) is 6. The zero-order valence-electron chi connectivity index (χ0n) is 11.0. The second-order valence-corrected chi connectivity index (χ2v) is 4.45. The number of nitrogens with one attached hydrogen (secondary N) is 1. The van der Waals surface area contributed by atoms with Crippen molar-refractivity contribution in [3.8, 4) is 5.75 Å². The number of nitrogens with zero attached hydrogens (tertiary/aromatic N) is 1. The second kappa shape index (κ2) is 6.14. The quantitative estimate of drug-likeness (QED) is 0.285. The maximum absolute atomic E-state index is 12.2. The Morgan fingerprint density at radius 3 is 2.95 bits per heavy atom. The molecular weight excluding hydrogens is 294 g/mol. The van der Waals surface area contributed by atoms with Gasteiger partial charge in [-0.15, -0.1) is 0 Å². The number of fused-ring (bicyclic) bond motifs is 1. The lowest BCUT2D eigenvalue weighted by Gasteiger charge is -2.03. The Labute approximate surface area is 124 Å². The lowest BCUT2D eigenvalue weighted by molar-refractivity contribution is -0.131. The molecule has 2 aromatic rings. The SMILES string of the molecule is CC(=O)Oc1ccc2c(=O)c(C=NNC(N)=S)coc2c1. The molecule has 0 aliphatic carbocycles. The van der Waals surface area contributed by atoms with Crippen LogP contribution < -0.4 is 21.3 Å². The number of hydrazone groups is 1. The molecule has 8 heteroatoms. The number of carbonyl (C=O) groups excluding carboxylic acids is 1. The van der Waals surface area contributed by atoms with E-state index >= 15 is 0 Å². The van der Waals surface area contributed by atoms with Crippen LogP contribution in [0.4, 0.5) is 0 Å². The molecule has 0 unspecified atom stereocenters. The minimum atomic E-state index is -0.454. The zero-order chi connectivity index (χ0) is 15.4. The van der Waals surface area contributed by atoms with E-state index in [0.717, 1.165) is 0 Å². The van der Waals surface area contributed by atoms with Gasteiger partial charge in [0.25, 0.3) is 0 Å². The first-order valence-corrected chi connectivity index (χ1v) is 6.20. The molecule has 0 atom stereocenters. The standard InChI is InChI=1S/C13H11N3O4S/c1-7(17)20-9-2-3-10-11(4-9)19-6-8(12(10)18)5-15-16-13(14)21/h2-6H,1H3,(H3,14,16,21). The Morgan fingerprint density at radius 1 is 1.52 bits per heavy atom. The van der Waals surface area contributed by atoms with Crippen molar-refractivity contribution in [1.29, 1.82) is 0 Å². The molecular formula is C13H11N3O4S. The van der Waals surface area contributed by atoms with Gasteiger partial charge in [0.05, 0.1) is 17.2 Å². The maximum atomic E-state index is 12.2. The Kier molecular flexibility index (Phi) is 4.29. The van der Waals surface area contributed by atoms with Crippen LogP contribution in [-0.2, 0) is 4.79 Å². The summed E-state index contributed by atoms with van der Waals surface area (Å²) in [5.74, 6) is -0.154. The number of benzene rings is 1. The number of hydrogen-bond donors (Lipinski definition) is 2. The Hall–Kier alpha value is -2.74. The minimum absolute atomic E-state index is 0.0116. The summed E-state index contributed by atoms with van der Waals surface area (Å²) < 4.78 is 10.2. The highest BCUT2D eigenvalue weighted by atomic mass is 32.1. The monoisotopic (exact) mass is 305 g/mol. The summed E-state index contributed by atoms with van der Waals surface area (Å²) in [5.41, 5.74) is 7.80. The molecule has 0 amide bonds. The summed E-state index contributed by atoms with van der Waals surface area (Å²) in [5, 5.41) is 4.02. The predicted molar refractivity (Wildman–Crippen MR) is 81.3 cm³/mol. The number of carbonyl (C=O) groups is 1. The first-order valence-electron chi connectivity index (χ1n) is 5.80. The molecule has 0 bridgehead atoms. The molecule has 1 aromatic carbocycles. The van der Waals surface area contributed by atoms with Crippen LogP contribution in [0.2, 0.25) is 0 Å². The van der Waals surface area contributed by atoms with Crippen molar-refractivity contribution in [3.63, 3.8) is 0 Å². The summed E-state index contributed by atoms with van der Waals surface area (Å²) in [4.78, 5) is 23.1. The van der Waals surface area contributed by atoms with E-state index in [0.29, 0.717) is 16.7 Å². The lowest BCUT2D eigenvalue weighted by Crippen LogP contribution is -2.24. The van der Waals surface area contributed by atoms with Gasteiger partial charge in [0.15, 0.2) is 5.11 Å². The highest BCUT2D eigenvalue weighted by Gasteiger charge is 2.07. The number of thiocarbonyl (C=S) groups is 1. The van der Waals surface area contributed by atoms with Crippen molar-refractivity contribution in [1.82, 2.24) is 5.43 Å². The van der Waals surface area contributed by atoms with Crippen LogP contribution in [0.15, 0.2) is 38.8 Å². The largest absolute Gasteiger partial charge is 0.463 e. The van der Waals surface area contributed by atoms with Crippen molar-refractivity contribution in [2.45, 2.75) is 6.92 Å². The number of ether oxygens (including phenoxy) is 1. The maximum Gasteiger partial charge on any atom is 0.308 e. The molecule has 0 fully saturated rings. The van der Waals surface area contributed by atoms with Crippen LogP contribution in [0.25, 0.3) is 11.0 Å². The van der Waals surface area contributed by atoms with E-state index in [1.165, 1.54) is 37.6 Å². The minimum Gasteiger partial charge on any atom is -0.463 e. The number of nitrogens with two attached hydrogens (primary N) is 1. The predicted octanol–water partition coefficient (Wildman–Crippen LogP) is 0.885. The van der Waals surface area contributed by atoms with Crippen LogP contribution in [0.3, 0.4) is 0 Å². The highest BCUT2D eigenvalue weighted by molar-refractivity contribution is 7.80. The van der Waals surface area contributed by atoms with Gasteiger partial charge in [-0.1, -0.05) is 0 Å². The number of esters is 1. The van der Waals surface area contributed by atoms with E-state index in [-0.39, 0.29) is 16.1 Å².